The minimum atomic E-state index is 0.312. The zero-order chi connectivity index (χ0) is 10.7. The number of hydrogen-bond acceptors (Lipinski definition) is 5. The van der Waals surface area contributed by atoms with Crippen molar-refractivity contribution in [2.24, 2.45) is 5.73 Å². The predicted molar refractivity (Wildman–Crippen MR) is 71.8 cm³/mol. The second-order valence-corrected chi connectivity index (χ2v) is 7.01. The number of rotatable bonds is 4. The van der Waals surface area contributed by atoms with Gasteiger partial charge in [-0.25, -0.2) is 4.98 Å². The van der Waals surface area contributed by atoms with Crippen LogP contribution in [0.5, 0.6) is 0 Å². The topological polar surface area (TPSA) is 38.9 Å². The fraction of sp³-hybridized carbons (Fsp3) is 0.222. The van der Waals surface area contributed by atoms with Crippen LogP contribution in [0.1, 0.15) is 10.1 Å². The molecule has 15 heavy (non-hydrogen) atoms. The molecular formula is C9H9BrN2S3. The van der Waals surface area contributed by atoms with Gasteiger partial charge in [0.1, 0.15) is 4.34 Å². The lowest BCUT2D eigenvalue weighted by atomic mass is 10.3. The number of thioether (sulfide) groups is 1. The highest BCUT2D eigenvalue weighted by Gasteiger charge is 2.14. The van der Waals surface area contributed by atoms with Crippen LogP contribution in [0.3, 0.4) is 0 Å². The van der Waals surface area contributed by atoms with Crippen molar-refractivity contribution in [3.8, 4) is 0 Å². The normalized spacial score (nSPS) is 12.9. The van der Waals surface area contributed by atoms with E-state index in [0.29, 0.717) is 11.8 Å². The first-order valence-electron chi connectivity index (χ1n) is 4.29. The van der Waals surface area contributed by atoms with Crippen molar-refractivity contribution in [2.45, 2.75) is 9.59 Å². The van der Waals surface area contributed by atoms with Crippen molar-refractivity contribution in [3.63, 3.8) is 0 Å². The van der Waals surface area contributed by atoms with Crippen molar-refractivity contribution in [1.82, 2.24) is 4.98 Å². The third kappa shape index (κ3) is 3.04. The Kier molecular flexibility index (Phi) is 4.21. The van der Waals surface area contributed by atoms with Crippen LogP contribution >= 0.6 is 50.4 Å². The van der Waals surface area contributed by atoms with Crippen LogP contribution in [-0.2, 0) is 0 Å². The lowest BCUT2D eigenvalue weighted by Crippen LogP contribution is -2.07. The van der Waals surface area contributed by atoms with Crippen LogP contribution in [0.4, 0.5) is 0 Å². The monoisotopic (exact) mass is 320 g/mol. The molecule has 0 bridgehead atoms. The van der Waals surface area contributed by atoms with Gasteiger partial charge in [-0.05, 0) is 22.0 Å². The molecule has 2 nitrogen and oxygen atoms in total. The van der Waals surface area contributed by atoms with Crippen molar-refractivity contribution >= 4 is 50.4 Å². The molecule has 0 aliphatic rings. The van der Waals surface area contributed by atoms with Crippen molar-refractivity contribution in [3.05, 3.63) is 32.4 Å². The molecule has 0 aliphatic heterocycles. The van der Waals surface area contributed by atoms with Gasteiger partial charge in [0.25, 0.3) is 0 Å². The number of hydrogen-bond donors (Lipinski definition) is 1. The first kappa shape index (κ1) is 11.6. The van der Waals surface area contributed by atoms with Crippen molar-refractivity contribution < 1.29 is 0 Å². The van der Waals surface area contributed by atoms with Gasteiger partial charge in [0.15, 0.2) is 0 Å². The molecule has 2 N–H and O–H groups in total. The van der Waals surface area contributed by atoms with E-state index in [1.165, 1.54) is 4.88 Å². The molecule has 0 amide bonds. The quantitative estimate of drug-likeness (QED) is 0.872. The summed E-state index contributed by atoms with van der Waals surface area (Å²) >= 11 is 8.58. The summed E-state index contributed by atoms with van der Waals surface area (Å²) in [6.45, 7) is 0.636. The smallest absolute Gasteiger partial charge is 0.150 e. The number of halogens is 1. The van der Waals surface area contributed by atoms with E-state index in [-0.39, 0.29) is 0 Å². The van der Waals surface area contributed by atoms with Gasteiger partial charge < -0.3 is 5.73 Å². The van der Waals surface area contributed by atoms with E-state index in [9.17, 15) is 0 Å². The molecular weight excluding hydrogens is 312 g/mol. The Balaban J connectivity index is 2.11. The average molecular weight is 321 g/mol. The molecule has 2 aromatic heterocycles. The van der Waals surface area contributed by atoms with Gasteiger partial charge in [-0.3, -0.25) is 0 Å². The highest BCUT2D eigenvalue weighted by atomic mass is 79.9. The Labute approximate surface area is 109 Å². The molecule has 0 saturated carbocycles. The molecule has 0 aliphatic carbocycles. The number of thiophene rings is 1. The number of thiazole rings is 1. The average Bonchev–Trinajstić information content (AvgIpc) is 2.85. The SMILES string of the molecule is NCC(Sc1nccs1)c1cc(Br)cs1. The zero-order valence-electron chi connectivity index (χ0n) is 7.72. The second-order valence-electron chi connectivity index (χ2n) is 2.81. The summed E-state index contributed by atoms with van der Waals surface area (Å²) in [7, 11) is 0. The molecule has 2 heterocycles. The van der Waals surface area contributed by atoms with Gasteiger partial charge >= 0.3 is 0 Å². The Bertz CT molecular complexity index is 413. The van der Waals surface area contributed by atoms with Crippen LogP contribution in [0.25, 0.3) is 0 Å². The summed E-state index contributed by atoms with van der Waals surface area (Å²) in [5.41, 5.74) is 5.78. The van der Waals surface area contributed by atoms with Gasteiger partial charge in [-0.2, -0.15) is 0 Å². The summed E-state index contributed by atoms with van der Waals surface area (Å²) < 4.78 is 2.20. The Morgan fingerprint density at radius 2 is 2.40 bits per heavy atom. The fourth-order valence-electron chi connectivity index (χ4n) is 1.11. The summed E-state index contributed by atoms with van der Waals surface area (Å²) in [5, 5.41) is 4.38. The fourth-order valence-corrected chi connectivity index (χ4v) is 4.60. The largest absolute Gasteiger partial charge is 0.329 e. The van der Waals surface area contributed by atoms with Crippen LogP contribution in [-0.4, -0.2) is 11.5 Å². The highest BCUT2D eigenvalue weighted by Crippen LogP contribution is 2.38. The lowest BCUT2D eigenvalue weighted by Gasteiger charge is -2.09. The highest BCUT2D eigenvalue weighted by molar-refractivity contribution is 9.10. The Morgan fingerprint density at radius 3 is 2.93 bits per heavy atom. The minimum Gasteiger partial charge on any atom is -0.329 e. The van der Waals surface area contributed by atoms with Crippen LogP contribution < -0.4 is 5.73 Å². The van der Waals surface area contributed by atoms with Crippen LogP contribution in [0.2, 0.25) is 0 Å². The summed E-state index contributed by atoms with van der Waals surface area (Å²) in [5.74, 6) is 0. The zero-order valence-corrected chi connectivity index (χ0v) is 11.8. The van der Waals surface area contributed by atoms with Gasteiger partial charge in [-0.1, -0.05) is 11.8 Å². The summed E-state index contributed by atoms with van der Waals surface area (Å²) in [6, 6.07) is 2.13. The molecule has 0 saturated heterocycles. The van der Waals surface area contributed by atoms with E-state index < -0.39 is 0 Å². The van der Waals surface area contributed by atoms with Gasteiger partial charge in [0, 0.05) is 32.9 Å². The van der Waals surface area contributed by atoms with E-state index in [4.69, 9.17) is 5.73 Å². The third-order valence-electron chi connectivity index (χ3n) is 1.77. The maximum absolute atomic E-state index is 5.78. The standard InChI is InChI=1S/C9H9BrN2S3/c10-6-3-7(14-5-6)8(4-11)15-9-12-1-2-13-9/h1-3,5,8H,4,11H2. The summed E-state index contributed by atoms with van der Waals surface area (Å²) in [6.07, 6.45) is 1.82. The van der Waals surface area contributed by atoms with E-state index >= 15 is 0 Å². The Hall–Kier alpha value is 0.120. The molecule has 2 aromatic rings. The molecule has 1 unspecified atom stereocenters. The first-order chi connectivity index (χ1) is 7.29. The van der Waals surface area contributed by atoms with E-state index in [0.717, 1.165) is 8.81 Å². The summed E-state index contributed by atoms with van der Waals surface area (Å²) in [4.78, 5) is 5.55. The van der Waals surface area contributed by atoms with Crippen LogP contribution in [0, 0.1) is 0 Å². The predicted octanol–water partition coefficient (Wildman–Crippen LogP) is 3.76. The molecule has 6 heteroatoms. The van der Waals surface area contributed by atoms with E-state index in [1.54, 1.807) is 34.4 Å². The third-order valence-corrected chi connectivity index (χ3v) is 5.91. The Morgan fingerprint density at radius 1 is 1.53 bits per heavy atom. The van der Waals surface area contributed by atoms with E-state index in [1.807, 2.05) is 11.6 Å². The maximum atomic E-state index is 5.78. The number of nitrogens with zero attached hydrogens (tertiary/aromatic N) is 1. The first-order valence-corrected chi connectivity index (χ1v) is 7.73. The molecule has 0 aromatic carbocycles. The molecule has 2 rings (SSSR count). The number of aromatic nitrogens is 1. The minimum absolute atomic E-state index is 0.312. The van der Waals surface area contributed by atoms with Gasteiger partial charge in [0.05, 0.1) is 5.25 Å². The van der Waals surface area contributed by atoms with Crippen LogP contribution in [0.15, 0.2) is 31.8 Å². The van der Waals surface area contributed by atoms with Gasteiger partial charge in [0.2, 0.25) is 0 Å². The molecule has 0 fully saturated rings. The van der Waals surface area contributed by atoms with Gasteiger partial charge in [-0.15, -0.1) is 22.7 Å². The molecule has 80 valence electrons. The second kappa shape index (κ2) is 5.45. The lowest BCUT2D eigenvalue weighted by molar-refractivity contribution is 0.958. The molecule has 0 spiro atoms. The van der Waals surface area contributed by atoms with Crippen molar-refractivity contribution in [2.75, 3.05) is 6.54 Å². The molecule has 1 atom stereocenters. The number of nitrogens with two attached hydrogens (primary N) is 1. The van der Waals surface area contributed by atoms with Crippen molar-refractivity contribution in [1.29, 1.82) is 0 Å². The maximum Gasteiger partial charge on any atom is 0.150 e. The molecule has 0 radical (unpaired) electrons. The van der Waals surface area contributed by atoms with E-state index in [2.05, 4.69) is 32.4 Å².